The van der Waals surface area contributed by atoms with E-state index in [1.807, 2.05) is 9.80 Å². The number of carbonyl (C=O) groups is 2. The maximum atomic E-state index is 11.1. The summed E-state index contributed by atoms with van der Waals surface area (Å²) in [6.45, 7) is 5.90. The van der Waals surface area contributed by atoms with E-state index in [4.69, 9.17) is 19.7 Å². The monoisotopic (exact) mass is 376 g/mol. The Morgan fingerprint density at radius 3 is 1.15 bits per heavy atom. The molecule has 0 unspecified atom stereocenters. The molecule has 1 heterocycles. The summed E-state index contributed by atoms with van der Waals surface area (Å²) in [5.74, 6) is -1.77. The van der Waals surface area contributed by atoms with E-state index < -0.39 is 11.9 Å². The van der Waals surface area contributed by atoms with E-state index in [0.717, 1.165) is 13.1 Å². The van der Waals surface area contributed by atoms with Crippen LogP contribution >= 0.6 is 0 Å². The minimum Gasteiger partial charge on any atom is -0.480 e. The van der Waals surface area contributed by atoms with E-state index in [-0.39, 0.29) is 13.1 Å². The molecule has 1 rings (SSSR count). The largest absolute Gasteiger partial charge is 0.480 e. The van der Waals surface area contributed by atoms with Gasteiger partial charge in [-0.3, -0.25) is 29.2 Å². The van der Waals surface area contributed by atoms with Gasteiger partial charge in [0.15, 0.2) is 0 Å². The Hall–Kier alpha value is -1.30. The summed E-state index contributed by atoms with van der Waals surface area (Å²) in [6.07, 6.45) is 0. The molecule has 1 aliphatic heterocycles. The molecule has 0 spiro atoms. The van der Waals surface area contributed by atoms with Gasteiger partial charge in [-0.1, -0.05) is 0 Å². The number of methoxy groups -OCH3 is 2. The Kier molecular flexibility index (Phi) is 11.3. The molecule has 26 heavy (non-hydrogen) atoms. The van der Waals surface area contributed by atoms with Crippen LogP contribution < -0.4 is 0 Å². The van der Waals surface area contributed by atoms with Crippen LogP contribution in [0.25, 0.3) is 0 Å². The molecule has 0 aliphatic carbocycles. The van der Waals surface area contributed by atoms with Gasteiger partial charge in [0, 0.05) is 66.6 Å². The van der Waals surface area contributed by atoms with E-state index in [0.29, 0.717) is 52.7 Å². The lowest BCUT2D eigenvalue weighted by molar-refractivity contribution is -0.140. The van der Waals surface area contributed by atoms with Gasteiger partial charge in [-0.15, -0.1) is 0 Å². The molecule has 0 aromatic rings. The highest BCUT2D eigenvalue weighted by atomic mass is 16.5. The van der Waals surface area contributed by atoms with Crippen molar-refractivity contribution >= 4 is 11.9 Å². The number of hydrogen-bond acceptors (Lipinski definition) is 8. The first-order valence-electron chi connectivity index (χ1n) is 8.75. The maximum Gasteiger partial charge on any atom is 0.317 e. The Morgan fingerprint density at radius 2 is 0.923 bits per heavy atom. The summed E-state index contributed by atoms with van der Waals surface area (Å²) in [5.41, 5.74) is 0. The van der Waals surface area contributed by atoms with Crippen molar-refractivity contribution in [2.45, 2.75) is 0 Å². The molecule has 0 bridgehead atoms. The van der Waals surface area contributed by atoms with Crippen LogP contribution in [0, 0.1) is 0 Å². The fraction of sp³-hybridized carbons (Fsp3) is 0.875. The van der Waals surface area contributed by atoms with Crippen LogP contribution in [0.2, 0.25) is 0 Å². The molecule has 10 heteroatoms. The first-order chi connectivity index (χ1) is 12.4. The fourth-order valence-corrected chi connectivity index (χ4v) is 2.90. The normalized spacial score (nSPS) is 20.4. The topological polar surface area (TPSA) is 106 Å². The van der Waals surface area contributed by atoms with Gasteiger partial charge < -0.3 is 19.7 Å². The number of nitrogens with zero attached hydrogens (tertiary/aromatic N) is 4. The van der Waals surface area contributed by atoms with Gasteiger partial charge in [-0.05, 0) is 0 Å². The van der Waals surface area contributed by atoms with E-state index in [1.54, 1.807) is 14.2 Å². The highest BCUT2D eigenvalue weighted by Gasteiger charge is 2.18. The summed E-state index contributed by atoms with van der Waals surface area (Å²) >= 11 is 0. The summed E-state index contributed by atoms with van der Waals surface area (Å²) in [7, 11) is 3.28. The zero-order valence-electron chi connectivity index (χ0n) is 15.8. The van der Waals surface area contributed by atoms with Gasteiger partial charge in [0.05, 0.1) is 26.6 Å². The molecule has 0 amide bonds. The first kappa shape index (κ1) is 22.7. The van der Waals surface area contributed by atoms with Crippen molar-refractivity contribution in [3.63, 3.8) is 0 Å². The third kappa shape index (κ3) is 10.00. The molecule has 0 atom stereocenters. The predicted molar refractivity (Wildman–Crippen MR) is 95.0 cm³/mol. The molecule has 152 valence electrons. The highest BCUT2D eigenvalue weighted by Crippen LogP contribution is 2.01. The second-order valence-electron chi connectivity index (χ2n) is 6.41. The van der Waals surface area contributed by atoms with Gasteiger partial charge in [0.2, 0.25) is 0 Å². The molecule has 1 saturated heterocycles. The lowest BCUT2D eigenvalue weighted by Crippen LogP contribution is -2.48. The summed E-state index contributed by atoms with van der Waals surface area (Å²) in [5, 5.41) is 18.2. The number of rotatable bonds is 8. The van der Waals surface area contributed by atoms with Gasteiger partial charge in [-0.25, -0.2) is 0 Å². The van der Waals surface area contributed by atoms with Gasteiger partial charge >= 0.3 is 11.9 Å². The third-order valence-electron chi connectivity index (χ3n) is 4.27. The van der Waals surface area contributed by atoms with Crippen LogP contribution in [0.1, 0.15) is 0 Å². The Bertz CT molecular complexity index is 388. The van der Waals surface area contributed by atoms with E-state index in [9.17, 15) is 9.59 Å². The van der Waals surface area contributed by atoms with Crippen molar-refractivity contribution in [2.75, 3.05) is 93.1 Å². The number of hydrogen-bond donors (Lipinski definition) is 2. The number of carboxylic acid groups (broad SMARTS) is 2. The quantitative estimate of drug-likeness (QED) is 0.524. The number of carboxylic acids is 2. The maximum absolute atomic E-state index is 11.1. The van der Waals surface area contributed by atoms with Crippen molar-refractivity contribution in [1.82, 2.24) is 19.6 Å². The Balaban J connectivity index is 2.79. The first-order valence-corrected chi connectivity index (χ1v) is 8.75. The molecule has 0 radical (unpaired) electrons. The zero-order chi connectivity index (χ0) is 19.4. The average molecular weight is 376 g/mol. The smallest absolute Gasteiger partial charge is 0.317 e. The molecule has 0 saturated carbocycles. The Labute approximate surface area is 154 Å². The summed E-state index contributed by atoms with van der Waals surface area (Å²) in [6, 6.07) is 0. The molecular weight excluding hydrogens is 344 g/mol. The van der Waals surface area contributed by atoms with Crippen LogP contribution in [-0.4, -0.2) is 135 Å². The van der Waals surface area contributed by atoms with Crippen LogP contribution in [0.4, 0.5) is 0 Å². The Morgan fingerprint density at radius 1 is 0.654 bits per heavy atom. The van der Waals surface area contributed by atoms with Crippen LogP contribution in [0.3, 0.4) is 0 Å². The molecule has 10 nitrogen and oxygen atoms in total. The van der Waals surface area contributed by atoms with E-state index in [2.05, 4.69) is 9.80 Å². The standard InChI is InChI=1S/C16H32N4O6/c1-25-13-19-7-5-17(11-15(21)22)3-4-18(12-16(23)24)6-8-20(10-9-19)14-26-2/h3-14H2,1-2H3,(H,21,22)(H,23,24). The highest BCUT2D eigenvalue weighted by molar-refractivity contribution is 5.69. The van der Waals surface area contributed by atoms with Crippen molar-refractivity contribution in [3.8, 4) is 0 Å². The molecule has 2 N–H and O–H groups in total. The molecular formula is C16H32N4O6. The zero-order valence-corrected chi connectivity index (χ0v) is 15.8. The lowest BCUT2D eigenvalue weighted by Gasteiger charge is -2.32. The lowest BCUT2D eigenvalue weighted by atomic mass is 10.3. The fourth-order valence-electron chi connectivity index (χ4n) is 2.90. The van der Waals surface area contributed by atoms with Gasteiger partial charge in [0.25, 0.3) is 0 Å². The van der Waals surface area contributed by atoms with Crippen LogP contribution in [0.5, 0.6) is 0 Å². The van der Waals surface area contributed by atoms with E-state index in [1.165, 1.54) is 0 Å². The van der Waals surface area contributed by atoms with E-state index >= 15 is 0 Å². The predicted octanol–water partition coefficient (Wildman–Crippen LogP) is -1.41. The number of aliphatic carboxylic acids is 2. The molecule has 0 aromatic carbocycles. The van der Waals surface area contributed by atoms with Crippen molar-refractivity contribution < 1.29 is 29.3 Å². The van der Waals surface area contributed by atoms with Crippen molar-refractivity contribution in [3.05, 3.63) is 0 Å². The van der Waals surface area contributed by atoms with Crippen molar-refractivity contribution in [1.29, 1.82) is 0 Å². The average Bonchev–Trinajstić information content (AvgIpc) is 2.56. The SMILES string of the molecule is COCN1CCN(COC)CCN(CC(=O)O)CCN(CC(=O)O)CC1. The summed E-state index contributed by atoms with van der Waals surface area (Å²) < 4.78 is 10.5. The minimum absolute atomic E-state index is 0.0580. The number of ether oxygens (including phenoxy) is 2. The van der Waals surface area contributed by atoms with Crippen LogP contribution in [-0.2, 0) is 19.1 Å². The molecule has 0 aromatic heterocycles. The van der Waals surface area contributed by atoms with Gasteiger partial charge in [0.1, 0.15) is 0 Å². The molecule has 1 fully saturated rings. The summed E-state index contributed by atoms with van der Waals surface area (Å²) in [4.78, 5) is 30.2. The second kappa shape index (κ2) is 13.0. The molecule has 1 aliphatic rings. The van der Waals surface area contributed by atoms with Crippen molar-refractivity contribution in [2.24, 2.45) is 0 Å². The minimum atomic E-state index is -0.883. The van der Waals surface area contributed by atoms with Crippen LogP contribution in [0.15, 0.2) is 0 Å². The third-order valence-corrected chi connectivity index (χ3v) is 4.27. The van der Waals surface area contributed by atoms with Gasteiger partial charge in [-0.2, -0.15) is 0 Å². The second-order valence-corrected chi connectivity index (χ2v) is 6.41.